The first-order valence-electron chi connectivity index (χ1n) is 5.70. The minimum Gasteiger partial charge on any atom is -0.384 e. The van der Waals surface area contributed by atoms with Crippen LogP contribution in [0, 0.1) is 0 Å². The van der Waals surface area contributed by atoms with Crippen molar-refractivity contribution in [3.63, 3.8) is 0 Å². The highest BCUT2D eigenvalue weighted by Gasteiger charge is 2.08. The van der Waals surface area contributed by atoms with Gasteiger partial charge in [-0.05, 0) is 25.7 Å². The zero-order valence-corrected chi connectivity index (χ0v) is 11.6. The summed E-state index contributed by atoms with van der Waals surface area (Å²) < 4.78 is 1.65. The van der Waals surface area contributed by atoms with E-state index >= 15 is 0 Å². The van der Waals surface area contributed by atoms with E-state index in [0.717, 1.165) is 28.4 Å². The lowest BCUT2D eigenvalue weighted by atomic mass is 10.1. The van der Waals surface area contributed by atoms with E-state index in [4.69, 9.17) is 17.3 Å². The molecule has 0 spiro atoms. The predicted molar refractivity (Wildman–Crippen MR) is 75.5 cm³/mol. The first-order chi connectivity index (χ1) is 8.47. The third-order valence-corrected chi connectivity index (χ3v) is 3.10. The highest BCUT2D eigenvalue weighted by molar-refractivity contribution is 6.31. The summed E-state index contributed by atoms with van der Waals surface area (Å²) in [6.07, 6.45) is 0. The fourth-order valence-corrected chi connectivity index (χ4v) is 2.04. The van der Waals surface area contributed by atoms with Gasteiger partial charge in [0.15, 0.2) is 0 Å². The van der Waals surface area contributed by atoms with Crippen molar-refractivity contribution >= 4 is 17.4 Å². The summed E-state index contributed by atoms with van der Waals surface area (Å²) in [6, 6.07) is 7.83. The lowest BCUT2D eigenvalue weighted by Gasteiger charge is -2.11. The topological polar surface area (TPSA) is 47.1 Å². The van der Waals surface area contributed by atoms with Gasteiger partial charge in [-0.2, -0.15) is 5.10 Å². The molecule has 2 aromatic rings. The summed E-state index contributed by atoms with van der Waals surface area (Å²) in [4.78, 5) is 2.08. The molecule has 0 amide bonds. The maximum absolute atomic E-state index is 6.28. The highest BCUT2D eigenvalue weighted by Crippen LogP contribution is 2.26. The summed E-state index contributed by atoms with van der Waals surface area (Å²) in [7, 11) is 5.86. The van der Waals surface area contributed by atoms with Gasteiger partial charge in [0.1, 0.15) is 5.82 Å². The van der Waals surface area contributed by atoms with Crippen LogP contribution in [-0.2, 0) is 13.6 Å². The van der Waals surface area contributed by atoms with Crippen molar-refractivity contribution < 1.29 is 0 Å². The Labute approximate surface area is 112 Å². The van der Waals surface area contributed by atoms with Crippen molar-refractivity contribution in [2.75, 3.05) is 19.8 Å². The van der Waals surface area contributed by atoms with Crippen LogP contribution in [0.5, 0.6) is 0 Å². The second-order valence-electron chi connectivity index (χ2n) is 4.62. The average Bonchev–Trinajstić information content (AvgIpc) is 2.62. The minimum atomic E-state index is 0.637. The van der Waals surface area contributed by atoms with E-state index < -0.39 is 0 Å². The maximum atomic E-state index is 6.28. The van der Waals surface area contributed by atoms with Crippen LogP contribution in [0.15, 0.2) is 24.3 Å². The molecule has 0 fully saturated rings. The van der Waals surface area contributed by atoms with Crippen molar-refractivity contribution in [1.82, 2.24) is 14.7 Å². The lowest BCUT2D eigenvalue weighted by molar-refractivity contribution is 0.402. The summed E-state index contributed by atoms with van der Waals surface area (Å²) in [5.41, 5.74) is 8.70. The van der Waals surface area contributed by atoms with Gasteiger partial charge in [-0.15, -0.1) is 0 Å². The van der Waals surface area contributed by atoms with Gasteiger partial charge in [0.05, 0.1) is 5.69 Å². The second-order valence-corrected chi connectivity index (χ2v) is 5.03. The van der Waals surface area contributed by atoms with Crippen LogP contribution in [-0.4, -0.2) is 28.8 Å². The van der Waals surface area contributed by atoms with E-state index in [0.29, 0.717) is 5.82 Å². The van der Waals surface area contributed by atoms with Crippen LogP contribution >= 0.6 is 11.6 Å². The van der Waals surface area contributed by atoms with E-state index in [1.807, 2.05) is 45.4 Å². The first kappa shape index (κ1) is 12.9. The quantitative estimate of drug-likeness (QED) is 0.926. The van der Waals surface area contributed by atoms with E-state index in [1.165, 1.54) is 0 Å². The monoisotopic (exact) mass is 264 g/mol. The van der Waals surface area contributed by atoms with Crippen molar-refractivity contribution in [1.29, 1.82) is 0 Å². The smallest absolute Gasteiger partial charge is 0.121 e. The molecule has 0 aliphatic rings. The standard InChI is InChI=1S/C13H17ClN4/c1-17(2)8-10-5-4-9(6-11(10)14)12-7-13(15)18(3)16-12/h4-7H,8,15H2,1-3H3. The molecular formula is C13H17ClN4. The van der Waals surface area contributed by atoms with Crippen LogP contribution in [0.2, 0.25) is 5.02 Å². The molecule has 1 aromatic carbocycles. The summed E-state index contributed by atoms with van der Waals surface area (Å²) in [5.74, 6) is 0.637. The van der Waals surface area contributed by atoms with Gasteiger partial charge in [0.25, 0.3) is 0 Å². The number of aromatic nitrogens is 2. The van der Waals surface area contributed by atoms with Gasteiger partial charge < -0.3 is 10.6 Å². The van der Waals surface area contributed by atoms with Gasteiger partial charge in [-0.25, -0.2) is 0 Å². The second kappa shape index (κ2) is 5.00. The Balaban J connectivity index is 2.33. The van der Waals surface area contributed by atoms with Crippen molar-refractivity contribution in [3.8, 4) is 11.3 Å². The first-order valence-corrected chi connectivity index (χ1v) is 6.08. The molecule has 0 unspecified atom stereocenters. The minimum absolute atomic E-state index is 0.637. The van der Waals surface area contributed by atoms with Gasteiger partial charge in [0.2, 0.25) is 0 Å². The maximum Gasteiger partial charge on any atom is 0.121 e. The number of hydrogen-bond acceptors (Lipinski definition) is 3. The van der Waals surface area contributed by atoms with Crippen molar-refractivity contribution in [2.45, 2.75) is 6.54 Å². The number of nitrogen functional groups attached to an aromatic ring is 1. The molecule has 0 aliphatic carbocycles. The predicted octanol–water partition coefficient (Wildman–Crippen LogP) is 2.38. The fraction of sp³-hybridized carbons (Fsp3) is 0.308. The van der Waals surface area contributed by atoms with Gasteiger partial charge in [-0.3, -0.25) is 4.68 Å². The number of rotatable bonds is 3. The van der Waals surface area contributed by atoms with Crippen LogP contribution in [0.3, 0.4) is 0 Å². The van der Waals surface area contributed by atoms with Gasteiger partial charge in [-0.1, -0.05) is 23.7 Å². The van der Waals surface area contributed by atoms with Crippen LogP contribution in [0.4, 0.5) is 5.82 Å². The molecule has 1 heterocycles. The van der Waals surface area contributed by atoms with E-state index in [1.54, 1.807) is 4.68 Å². The zero-order chi connectivity index (χ0) is 13.3. The van der Waals surface area contributed by atoms with Gasteiger partial charge >= 0.3 is 0 Å². The molecular weight excluding hydrogens is 248 g/mol. The number of nitrogens with zero attached hydrogens (tertiary/aromatic N) is 3. The van der Waals surface area contributed by atoms with Crippen molar-refractivity contribution in [3.05, 3.63) is 34.9 Å². The Morgan fingerprint density at radius 3 is 2.56 bits per heavy atom. The molecule has 4 nitrogen and oxygen atoms in total. The molecule has 96 valence electrons. The fourth-order valence-electron chi connectivity index (χ4n) is 1.80. The van der Waals surface area contributed by atoms with E-state index in [9.17, 15) is 0 Å². The highest BCUT2D eigenvalue weighted by atomic mass is 35.5. The average molecular weight is 265 g/mol. The summed E-state index contributed by atoms with van der Waals surface area (Å²) in [6.45, 7) is 0.823. The van der Waals surface area contributed by atoms with Crippen LogP contribution in [0.1, 0.15) is 5.56 Å². The van der Waals surface area contributed by atoms with E-state index in [2.05, 4.69) is 10.00 Å². The molecule has 0 atom stereocenters. The molecule has 0 bridgehead atoms. The Bertz CT molecular complexity index is 541. The molecule has 0 aliphatic heterocycles. The molecule has 0 radical (unpaired) electrons. The number of anilines is 1. The number of nitrogens with two attached hydrogens (primary N) is 1. The Morgan fingerprint density at radius 1 is 1.33 bits per heavy atom. The van der Waals surface area contributed by atoms with Crippen LogP contribution < -0.4 is 5.73 Å². The Morgan fingerprint density at radius 2 is 2.06 bits per heavy atom. The summed E-state index contributed by atoms with van der Waals surface area (Å²) >= 11 is 6.28. The number of halogens is 1. The third-order valence-electron chi connectivity index (χ3n) is 2.75. The normalized spacial score (nSPS) is 11.2. The Hall–Kier alpha value is -1.52. The molecule has 0 saturated heterocycles. The summed E-state index contributed by atoms with van der Waals surface area (Å²) in [5, 5.41) is 5.09. The van der Waals surface area contributed by atoms with Crippen LogP contribution in [0.25, 0.3) is 11.3 Å². The largest absolute Gasteiger partial charge is 0.384 e. The molecule has 2 rings (SSSR count). The number of aryl methyl sites for hydroxylation is 1. The van der Waals surface area contributed by atoms with E-state index in [-0.39, 0.29) is 0 Å². The zero-order valence-electron chi connectivity index (χ0n) is 10.8. The lowest BCUT2D eigenvalue weighted by Crippen LogP contribution is -2.10. The molecule has 2 N–H and O–H groups in total. The molecule has 5 heteroatoms. The SMILES string of the molecule is CN(C)Cc1ccc(-c2cc(N)n(C)n2)cc1Cl. The number of hydrogen-bond donors (Lipinski definition) is 1. The molecule has 0 saturated carbocycles. The third kappa shape index (κ3) is 2.66. The molecule has 1 aromatic heterocycles. The van der Waals surface area contributed by atoms with Gasteiger partial charge in [0, 0.05) is 30.2 Å². The van der Waals surface area contributed by atoms with Crippen molar-refractivity contribution in [2.24, 2.45) is 7.05 Å². The Kier molecular flexibility index (Phi) is 3.59. The molecule has 18 heavy (non-hydrogen) atoms. The number of benzene rings is 1.